The topological polar surface area (TPSA) is 79.0 Å². The van der Waals surface area contributed by atoms with Crippen molar-refractivity contribution >= 4 is 5.91 Å². The fraction of sp³-hybridized carbons (Fsp3) is 0.476. The second-order valence-corrected chi connectivity index (χ2v) is 7.21. The lowest BCUT2D eigenvalue weighted by atomic mass is 10.1. The van der Waals surface area contributed by atoms with Crippen molar-refractivity contribution in [3.05, 3.63) is 35.5 Å². The summed E-state index contributed by atoms with van der Waals surface area (Å²) in [5.74, 6) is 1.10. The minimum absolute atomic E-state index is 0.404. The highest BCUT2D eigenvalue weighted by Gasteiger charge is 2.20. The average molecular weight is 385 g/mol. The van der Waals surface area contributed by atoms with E-state index in [9.17, 15) is 4.79 Å². The molecule has 0 unspecified atom stereocenters. The van der Waals surface area contributed by atoms with Gasteiger partial charge in [0.15, 0.2) is 11.5 Å². The number of rotatable bonds is 5. The number of carbonyl (C=O) groups excluding carboxylic acids is 1. The maximum atomic E-state index is 11.9. The van der Waals surface area contributed by atoms with Crippen LogP contribution in [0.3, 0.4) is 0 Å². The minimum Gasteiger partial charge on any atom is -0.490 e. The Morgan fingerprint density at radius 3 is 2.54 bits per heavy atom. The predicted octanol–water partition coefficient (Wildman–Crippen LogP) is 2.06. The van der Waals surface area contributed by atoms with Crippen LogP contribution in [-0.4, -0.2) is 61.4 Å². The van der Waals surface area contributed by atoms with Crippen molar-refractivity contribution in [3.63, 3.8) is 0 Å². The first-order chi connectivity index (χ1) is 13.6. The van der Waals surface area contributed by atoms with Crippen LogP contribution >= 0.6 is 0 Å². The van der Waals surface area contributed by atoms with Gasteiger partial charge in [-0.25, -0.2) is 0 Å². The van der Waals surface area contributed by atoms with Gasteiger partial charge in [0, 0.05) is 49.6 Å². The lowest BCUT2D eigenvalue weighted by molar-refractivity contribution is 0.0364. The molecular weight excluding hydrogens is 358 g/mol. The molecule has 150 valence electrons. The summed E-state index contributed by atoms with van der Waals surface area (Å²) in [5.41, 5.74) is 9.03. The van der Waals surface area contributed by atoms with Crippen molar-refractivity contribution in [1.29, 1.82) is 0 Å². The third kappa shape index (κ3) is 3.86. The highest BCUT2D eigenvalue weighted by molar-refractivity contribution is 5.95. The van der Waals surface area contributed by atoms with Crippen LogP contribution in [0.1, 0.15) is 22.5 Å². The molecule has 1 amide bonds. The van der Waals surface area contributed by atoms with Gasteiger partial charge in [0.1, 0.15) is 0 Å². The predicted molar refractivity (Wildman–Crippen MR) is 106 cm³/mol. The molecule has 0 spiro atoms. The molecule has 28 heavy (non-hydrogen) atoms. The van der Waals surface area contributed by atoms with Gasteiger partial charge in [0.25, 0.3) is 5.91 Å². The van der Waals surface area contributed by atoms with Crippen LogP contribution in [0.5, 0.6) is 11.5 Å². The van der Waals surface area contributed by atoms with Gasteiger partial charge >= 0.3 is 0 Å². The number of amides is 1. The zero-order valence-corrected chi connectivity index (χ0v) is 16.3. The Balaban J connectivity index is 1.66. The van der Waals surface area contributed by atoms with Crippen LogP contribution in [0, 0.1) is 6.92 Å². The number of ether oxygens (including phenoxy) is 3. The quantitative estimate of drug-likeness (QED) is 0.852. The number of aromatic nitrogens is 1. The van der Waals surface area contributed by atoms with Crippen LogP contribution in [0.2, 0.25) is 0 Å². The standard InChI is InChI=1S/C21H27N3O4/c1-15-17(21(22)25)14-18(24(15)6-5-23-7-11-26-12-8-23)16-3-4-19-20(13-16)28-10-2-9-27-19/h3-4,13-14H,2,5-12H2,1H3,(H2,22,25). The van der Waals surface area contributed by atoms with E-state index in [0.717, 1.165) is 74.3 Å². The smallest absolute Gasteiger partial charge is 0.250 e. The van der Waals surface area contributed by atoms with Crippen LogP contribution in [0.15, 0.2) is 24.3 Å². The highest BCUT2D eigenvalue weighted by Crippen LogP contribution is 2.35. The van der Waals surface area contributed by atoms with Gasteiger partial charge in [-0.3, -0.25) is 9.69 Å². The molecule has 1 saturated heterocycles. The van der Waals surface area contributed by atoms with E-state index in [1.54, 1.807) is 0 Å². The molecule has 0 saturated carbocycles. The average Bonchev–Trinajstić information content (AvgIpc) is 2.88. The summed E-state index contributed by atoms with van der Waals surface area (Å²) in [6, 6.07) is 7.83. The van der Waals surface area contributed by atoms with E-state index in [1.807, 2.05) is 31.2 Å². The number of primary amides is 1. The minimum atomic E-state index is -0.404. The van der Waals surface area contributed by atoms with E-state index in [-0.39, 0.29) is 0 Å². The van der Waals surface area contributed by atoms with Crippen LogP contribution in [-0.2, 0) is 11.3 Å². The fourth-order valence-corrected chi connectivity index (χ4v) is 3.81. The molecular formula is C21H27N3O4. The van der Waals surface area contributed by atoms with Gasteiger partial charge in [-0.05, 0) is 31.2 Å². The van der Waals surface area contributed by atoms with Crippen LogP contribution < -0.4 is 15.2 Å². The van der Waals surface area contributed by atoms with Crippen molar-refractivity contribution < 1.29 is 19.0 Å². The number of fused-ring (bicyclic) bond motifs is 1. The molecule has 1 aromatic carbocycles. The molecule has 0 aliphatic carbocycles. The summed E-state index contributed by atoms with van der Waals surface area (Å²) < 4.78 is 19.2. The second kappa shape index (κ2) is 8.24. The van der Waals surface area contributed by atoms with Crippen LogP contribution in [0.4, 0.5) is 0 Å². The van der Waals surface area contributed by atoms with Crippen molar-refractivity contribution in [2.45, 2.75) is 19.9 Å². The maximum absolute atomic E-state index is 11.9. The van der Waals surface area contributed by atoms with E-state index in [4.69, 9.17) is 19.9 Å². The number of hydrogen-bond acceptors (Lipinski definition) is 5. The zero-order valence-electron chi connectivity index (χ0n) is 16.3. The second-order valence-electron chi connectivity index (χ2n) is 7.21. The van der Waals surface area contributed by atoms with Gasteiger partial charge < -0.3 is 24.5 Å². The lowest BCUT2D eigenvalue weighted by Crippen LogP contribution is -2.38. The van der Waals surface area contributed by atoms with Crippen molar-refractivity contribution in [2.75, 3.05) is 46.1 Å². The first-order valence-electron chi connectivity index (χ1n) is 9.83. The molecule has 0 radical (unpaired) electrons. The Labute approximate surface area is 165 Å². The van der Waals surface area contributed by atoms with Gasteiger partial charge in [-0.2, -0.15) is 0 Å². The van der Waals surface area contributed by atoms with E-state index in [2.05, 4.69) is 9.47 Å². The molecule has 1 fully saturated rings. The highest BCUT2D eigenvalue weighted by atomic mass is 16.5. The first kappa shape index (κ1) is 18.8. The summed E-state index contributed by atoms with van der Waals surface area (Å²) in [5, 5.41) is 0. The molecule has 2 aliphatic rings. The van der Waals surface area contributed by atoms with E-state index in [1.165, 1.54) is 0 Å². The summed E-state index contributed by atoms with van der Waals surface area (Å²) in [6.45, 7) is 8.33. The zero-order chi connectivity index (χ0) is 19.5. The Bertz CT molecular complexity index is 856. The summed E-state index contributed by atoms with van der Waals surface area (Å²) in [7, 11) is 0. The van der Waals surface area contributed by atoms with Gasteiger partial charge in [0.2, 0.25) is 0 Å². The van der Waals surface area contributed by atoms with Gasteiger partial charge in [-0.1, -0.05) is 0 Å². The third-order valence-corrected chi connectivity index (χ3v) is 5.42. The molecule has 2 aliphatic heterocycles. The maximum Gasteiger partial charge on any atom is 0.250 e. The van der Waals surface area contributed by atoms with E-state index in [0.29, 0.717) is 18.8 Å². The van der Waals surface area contributed by atoms with E-state index >= 15 is 0 Å². The van der Waals surface area contributed by atoms with E-state index < -0.39 is 5.91 Å². The number of hydrogen-bond donors (Lipinski definition) is 1. The van der Waals surface area contributed by atoms with Crippen molar-refractivity contribution in [2.24, 2.45) is 5.73 Å². The molecule has 0 bridgehead atoms. The number of carbonyl (C=O) groups is 1. The van der Waals surface area contributed by atoms with Crippen LogP contribution in [0.25, 0.3) is 11.3 Å². The normalized spacial score (nSPS) is 17.3. The Hall–Kier alpha value is -2.51. The SMILES string of the molecule is Cc1c(C(N)=O)cc(-c2ccc3c(c2)OCCCO3)n1CCN1CCOCC1. The Morgan fingerprint density at radius 2 is 1.79 bits per heavy atom. The molecule has 4 rings (SSSR count). The summed E-state index contributed by atoms with van der Waals surface area (Å²) in [6.07, 6.45) is 0.866. The molecule has 7 nitrogen and oxygen atoms in total. The molecule has 3 heterocycles. The van der Waals surface area contributed by atoms with Crippen molar-refractivity contribution in [1.82, 2.24) is 9.47 Å². The summed E-state index contributed by atoms with van der Waals surface area (Å²) in [4.78, 5) is 14.3. The molecule has 2 aromatic rings. The fourth-order valence-electron chi connectivity index (χ4n) is 3.81. The number of nitrogens with zero attached hydrogens (tertiary/aromatic N) is 2. The van der Waals surface area contributed by atoms with Gasteiger partial charge in [0.05, 0.1) is 32.0 Å². The monoisotopic (exact) mass is 385 g/mol. The first-order valence-corrected chi connectivity index (χ1v) is 9.83. The largest absolute Gasteiger partial charge is 0.490 e. The number of morpholine rings is 1. The lowest BCUT2D eigenvalue weighted by Gasteiger charge is -2.27. The van der Waals surface area contributed by atoms with Crippen molar-refractivity contribution in [3.8, 4) is 22.8 Å². The molecule has 2 N–H and O–H groups in total. The third-order valence-electron chi connectivity index (χ3n) is 5.42. The molecule has 7 heteroatoms. The number of benzene rings is 1. The Kier molecular flexibility index (Phi) is 5.54. The number of nitrogens with two attached hydrogens (primary N) is 1. The Morgan fingerprint density at radius 1 is 1.04 bits per heavy atom. The molecule has 1 aromatic heterocycles. The summed E-state index contributed by atoms with van der Waals surface area (Å²) >= 11 is 0. The van der Waals surface area contributed by atoms with Gasteiger partial charge in [-0.15, -0.1) is 0 Å². The molecule has 0 atom stereocenters.